The molecule has 4 nitrogen and oxygen atoms in total. The van der Waals surface area contributed by atoms with Gasteiger partial charge in [0, 0.05) is 0 Å². The Morgan fingerprint density at radius 2 is 1.52 bits per heavy atom. The third-order valence-corrected chi connectivity index (χ3v) is 4.82. The van der Waals surface area contributed by atoms with Crippen molar-refractivity contribution < 1.29 is 27.8 Å². The van der Waals surface area contributed by atoms with Crippen molar-refractivity contribution in [2.45, 2.75) is 72.3 Å². The molecule has 1 aromatic rings. The molecular weight excluding hydrogens is 354 g/mol. The Hall–Kier alpha value is -1.98. The highest BCUT2D eigenvalue weighted by Gasteiger charge is 2.45. The number of benzene rings is 1. The number of hydrogen-bond donors (Lipinski definition) is 0. The Morgan fingerprint density at radius 1 is 0.889 bits per heavy atom. The predicted molar refractivity (Wildman–Crippen MR) is 98.9 cm³/mol. The third kappa shape index (κ3) is 6.60. The summed E-state index contributed by atoms with van der Waals surface area (Å²) in [4.78, 5) is 25.1. The van der Waals surface area contributed by atoms with Crippen molar-refractivity contribution >= 4 is 11.9 Å². The van der Waals surface area contributed by atoms with E-state index in [1.807, 2.05) is 0 Å². The van der Waals surface area contributed by atoms with Gasteiger partial charge in [0.2, 0.25) is 0 Å². The fraction of sp³-hybridized carbons (Fsp3) is 0.619. The minimum absolute atomic E-state index is 0.234. The van der Waals surface area contributed by atoms with Crippen molar-refractivity contribution in [2.75, 3.05) is 6.61 Å². The van der Waals surface area contributed by atoms with E-state index in [9.17, 15) is 18.4 Å². The molecule has 152 valence electrons. The summed E-state index contributed by atoms with van der Waals surface area (Å²) in [5, 5.41) is 0. The standard InChI is InChI=1S/C21H30F2O4/c1-4-7-8-9-10-13-26-19(24)21(5-2,6-3)20(25)27-15-16-11-12-17(22)18(23)14-16/h11-12,14H,4-10,13,15H2,1-3H3. The number of ether oxygens (including phenoxy) is 2. The third-order valence-electron chi connectivity index (χ3n) is 4.82. The van der Waals surface area contributed by atoms with Gasteiger partial charge in [-0.2, -0.15) is 0 Å². The number of hydrogen-bond acceptors (Lipinski definition) is 4. The summed E-state index contributed by atoms with van der Waals surface area (Å²) in [6, 6.07) is 3.27. The summed E-state index contributed by atoms with van der Waals surface area (Å²) in [7, 11) is 0. The lowest BCUT2D eigenvalue weighted by Gasteiger charge is -2.27. The van der Waals surface area contributed by atoms with Gasteiger partial charge in [-0.3, -0.25) is 9.59 Å². The van der Waals surface area contributed by atoms with Crippen LogP contribution >= 0.6 is 0 Å². The normalized spacial score (nSPS) is 11.3. The Balaban J connectivity index is 2.63. The van der Waals surface area contributed by atoms with Gasteiger partial charge in [-0.15, -0.1) is 0 Å². The lowest BCUT2D eigenvalue weighted by Crippen LogP contribution is -2.41. The van der Waals surface area contributed by atoms with Crippen LogP contribution in [0.3, 0.4) is 0 Å². The second-order valence-electron chi connectivity index (χ2n) is 6.66. The Labute approximate surface area is 160 Å². The zero-order valence-corrected chi connectivity index (χ0v) is 16.5. The number of carbonyl (C=O) groups is 2. The zero-order chi connectivity index (χ0) is 20.3. The number of unbranched alkanes of at least 4 members (excludes halogenated alkanes) is 4. The van der Waals surface area contributed by atoms with E-state index in [2.05, 4.69) is 6.92 Å². The van der Waals surface area contributed by atoms with Crippen molar-refractivity contribution in [3.8, 4) is 0 Å². The largest absolute Gasteiger partial charge is 0.465 e. The summed E-state index contributed by atoms with van der Waals surface area (Å²) < 4.78 is 36.8. The predicted octanol–water partition coefficient (Wildman–Crippen LogP) is 5.33. The van der Waals surface area contributed by atoms with Gasteiger partial charge in [-0.25, -0.2) is 8.78 Å². The molecular formula is C21H30F2O4. The van der Waals surface area contributed by atoms with Gasteiger partial charge in [0.05, 0.1) is 6.61 Å². The van der Waals surface area contributed by atoms with Gasteiger partial charge in [-0.05, 0) is 37.0 Å². The van der Waals surface area contributed by atoms with Crippen LogP contribution in [0.15, 0.2) is 18.2 Å². The van der Waals surface area contributed by atoms with E-state index in [-0.39, 0.29) is 26.1 Å². The van der Waals surface area contributed by atoms with Crippen LogP contribution in [0.1, 0.15) is 71.3 Å². The molecule has 0 bridgehead atoms. The molecule has 0 aliphatic rings. The summed E-state index contributed by atoms with van der Waals surface area (Å²) in [6.07, 6.45) is 5.61. The van der Waals surface area contributed by atoms with Crippen molar-refractivity contribution in [1.82, 2.24) is 0 Å². The molecule has 1 aromatic carbocycles. The van der Waals surface area contributed by atoms with E-state index in [0.717, 1.165) is 44.2 Å². The van der Waals surface area contributed by atoms with Crippen LogP contribution in [-0.2, 0) is 25.7 Å². The highest BCUT2D eigenvalue weighted by molar-refractivity contribution is 5.99. The first-order chi connectivity index (χ1) is 12.9. The van der Waals surface area contributed by atoms with E-state index in [0.29, 0.717) is 5.56 Å². The molecule has 6 heteroatoms. The lowest BCUT2D eigenvalue weighted by molar-refractivity contribution is -0.174. The van der Waals surface area contributed by atoms with Gasteiger partial charge < -0.3 is 9.47 Å². The van der Waals surface area contributed by atoms with Crippen LogP contribution in [0.2, 0.25) is 0 Å². The molecule has 0 saturated carbocycles. The van der Waals surface area contributed by atoms with E-state index in [4.69, 9.17) is 9.47 Å². The maximum atomic E-state index is 13.3. The maximum absolute atomic E-state index is 13.3. The van der Waals surface area contributed by atoms with Crippen LogP contribution in [0.4, 0.5) is 8.78 Å². The van der Waals surface area contributed by atoms with Gasteiger partial charge in [0.25, 0.3) is 0 Å². The first kappa shape index (κ1) is 23.1. The van der Waals surface area contributed by atoms with Crippen molar-refractivity contribution in [3.05, 3.63) is 35.4 Å². The van der Waals surface area contributed by atoms with Gasteiger partial charge in [0.15, 0.2) is 17.0 Å². The molecule has 0 spiro atoms. The Kier molecular flexibility index (Phi) is 9.97. The van der Waals surface area contributed by atoms with E-state index in [1.165, 1.54) is 6.07 Å². The maximum Gasteiger partial charge on any atom is 0.323 e. The number of carbonyl (C=O) groups excluding carboxylic acids is 2. The number of rotatable bonds is 12. The molecule has 0 radical (unpaired) electrons. The summed E-state index contributed by atoms with van der Waals surface area (Å²) >= 11 is 0. The Bertz CT molecular complexity index is 612. The van der Waals surface area contributed by atoms with Crippen LogP contribution in [0.25, 0.3) is 0 Å². The molecule has 0 aliphatic heterocycles. The summed E-state index contributed by atoms with van der Waals surface area (Å²) in [5.41, 5.74) is -1.06. The minimum atomic E-state index is -1.37. The molecule has 0 fully saturated rings. The van der Waals surface area contributed by atoms with Crippen molar-refractivity contribution in [2.24, 2.45) is 5.41 Å². The molecule has 27 heavy (non-hydrogen) atoms. The molecule has 0 unspecified atom stereocenters. The number of esters is 2. The van der Waals surface area contributed by atoms with E-state index < -0.39 is 29.0 Å². The average molecular weight is 384 g/mol. The molecule has 0 aromatic heterocycles. The van der Waals surface area contributed by atoms with E-state index in [1.54, 1.807) is 13.8 Å². The van der Waals surface area contributed by atoms with Crippen molar-refractivity contribution in [3.63, 3.8) is 0 Å². The molecule has 0 heterocycles. The smallest absolute Gasteiger partial charge is 0.323 e. The molecule has 0 amide bonds. The first-order valence-electron chi connectivity index (χ1n) is 9.69. The zero-order valence-electron chi connectivity index (χ0n) is 16.5. The average Bonchev–Trinajstić information content (AvgIpc) is 2.67. The molecule has 1 rings (SSSR count). The molecule has 0 atom stereocenters. The molecule has 0 saturated heterocycles. The fourth-order valence-electron chi connectivity index (χ4n) is 2.84. The fourth-order valence-corrected chi connectivity index (χ4v) is 2.84. The second kappa shape index (κ2) is 11.7. The van der Waals surface area contributed by atoms with Gasteiger partial charge in [-0.1, -0.05) is 52.5 Å². The van der Waals surface area contributed by atoms with E-state index >= 15 is 0 Å². The first-order valence-corrected chi connectivity index (χ1v) is 9.69. The summed E-state index contributed by atoms with van der Waals surface area (Å²) in [5.74, 6) is -3.26. The van der Waals surface area contributed by atoms with Gasteiger partial charge in [0.1, 0.15) is 6.61 Å². The second-order valence-corrected chi connectivity index (χ2v) is 6.66. The minimum Gasteiger partial charge on any atom is -0.465 e. The highest BCUT2D eigenvalue weighted by Crippen LogP contribution is 2.30. The highest BCUT2D eigenvalue weighted by atomic mass is 19.2. The van der Waals surface area contributed by atoms with Crippen LogP contribution in [0, 0.1) is 17.0 Å². The van der Waals surface area contributed by atoms with Gasteiger partial charge >= 0.3 is 11.9 Å². The quantitative estimate of drug-likeness (QED) is 0.278. The lowest BCUT2D eigenvalue weighted by atomic mass is 9.82. The Morgan fingerprint density at radius 3 is 2.11 bits per heavy atom. The van der Waals surface area contributed by atoms with Crippen LogP contribution < -0.4 is 0 Å². The SMILES string of the molecule is CCCCCCCOC(=O)C(CC)(CC)C(=O)OCc1ccc(F)c(F)c1. The monoisotopic (exact) mass is 384 g/mol. The number of halogens is 2. The molecule has 0 N–H and O–H groups in total. The van der Waals surface area contributed by atoms with Crippen molar-refractivity contribution in [1.29, 1.82) is 0 Å². The van der Waals surface area contributed by atoms with Crippen LogP contribution in [-0.4, -0.2) is 18.5 Å². The topological polar surface area (TPSA) is 52.6 Å². The van der Waals surface area contributed by atoms with Crippen LogP contribution in [0.5, 0.6) is 0 Å². The molecule has 0 aliphatic carbocycles. The summed E-state index contributed by atoms with van der Waals surface area (Å²) in [6.45, 7) is 5.63.